The molecule has 0 unspecified atom stereocenters. The van der Waals surface area contributed by atoms with Gasteiger partial charge in [0.25, 0.3) is 0 Å². The van der Waals surface area contributed by atoms with Gasteiger partial charge in [-0.1, -0.05) is 26.0 Å². The number of carboxylic acid groups (broad SMARTS) is 1. The Hall–Kier alpha value is -2.46. The van der Waals surface area contributed by atoms with Crippen molar-refractivity contribution in [1.29, 1.82) is 0 Å². The molecule has 0 aliphatic carbocycles. The molecule has 10 heteroatoms. The highest BCUT2D eigenvalue weighted by Crippen LogP contribution is 2.27. The summed E-state index contributed by atoms with van der Waals surface area (Å²) in [4.78, 5) is 40.7. The third kappa shape index (κ3) is 8.61. The van der Waals surface area contributed by atoms with E-state index in [0.29, 0.717) is 24.9 Å². The zero-order chi connectivity index (χ0) is 26.0. The Bertz CT molecular complexity index is 851. The van der Waals surface area contributed by atoms with E-state index in [1.807, 2.05) is 29.2 Å². The standard InChI is InChI=1S/C23H35N3O2.C2HF3O2/c1-3-19(4-2)25-17-15-24(16-18-25)13-7-8-14-26-21-10-6-5-9-20(21)22(27)11-12-23(26)28;3-2(4,5)1(6)7/h5-6,9-10,19H,3-4,7-8,11-18H2,1-2H3;(H,6,7). The van der Waals surface area contributed by atoms with Crippen molar-refractivity contribution in [2.75, 3.05) is 44.2 Å². The van der Waals surface area contributed by atoms with Gasteiger partial charge in [0.1, 0.15) is 0 Å². The maximum absolute atomic E-state index is 12.5. The predicted octanol–water partition coefficient (Wildman–Crippen LogP) is 4.22. The molecule has 196 valence electrons. The second-order valence-electron chi connectivity index (χ2n) is 8.84. The largest absolute Gasteiger partial charge is 0.490 e. The summed E-state index contributed by atoms with van der Waals surface area (Å²) in [7, 11) is 0. The fourth-order valence-electron chi connectivity index (χ4n) is 4.58. The molecule has 1 fully saturated rings. The molecule has 0 spiro atoms. The van der Waals surface area contributed by atoms with Crippen LogP contribution < -0.4 is 4.90 Å². The average Bonchev–Trinajstić information content (AvgIpc) is 2.95. The van der Waals surface area contributed by atoms with E-state index in [9.17, 15) is 22.8 Å². The number of carboxylic acids is 1. The normalized spacial score (nSPS) is 17.6. The molecule has 0 saturated carbocycles. The lowest BCUT2D eigenvalue weighted by atomic mass is 10.1. The second kappa shape index (κ2) is 13.6. The SMILES string of the molecule is CCC(CC)N1CCN(CCCCN2C(=O)CCC(=O)c3ccccc32)CC1.O=C(O)C(F)(F)F. The number of carbonyl (C=O) groups is 3. The van der Waals surface area contributed by atoms with E-state index in [1.165, 1.54) is 25.9 Å². The number of amides is 1. The van der Waals surface area contributed by atoms with Crippen LogP contribution >= 0.6 is 0 Å². The van der Waals surface area contributed by atoms with Crippen LogP contribution in [0.5, 0.6) is 0 Å². The van der Waals surface area contributed by atoms with Gasteiger partial charge in [-0.05, 0) is 44.4 Å². The quantitative estimate of drug-likeness (QED) is 0.540. The Morgan fingerprint density at radius 2 is 1.54 bits per heavy atom. The number of halogens is 3. The first-order valence-electron chi connectivity index (χ1n) is 12.3. The summed E-state index contributed by atoms with van der Waals surface area (Å²) in [5, 5.41) is 7.12. The minimum Gasteiger partial charge on any atom is -0.475 e. The van der Waals surface area contributed by atoms with Crippen LogP contribution in [-0.2, 0) is 9.59 Å². The molecule has 0 atom stereocenters. The van der Waals surface area contributed by atoms with Gasteiger partial charge in [0.2, 0.25) is 5.91 Å². The summed E-state index contributed by atoms with van der Waals surface area (Å²) >= 11 is 0. The molecule has 3 rings (SSSR count). The van der Waals surface area contributed by atoms with E-state index < -0.39 is 12.1 Å². The van der Waals surface area contributed by atoms with E-state index in [1.54, 1.807) is 0 Å². The van der Waals surface area contributed by atoms with Crippen LogP contribution in [0.2, 0.25) is 0 Å². The predicted molar refractivity (Wildman–Crippen MR) is 128 cm³/mol. The lowest BCUT2D eigenvalue weighted by Crippen LogP contribution is -2.50. The summed E-state index contributed by atoms with van der Waals surface area (Å²) in [6, 6.07) is 8.29. The van der Waals surface area contributed by atoms with Gasteiger partial charge in [0.15, 0.2) is 5.78 Å². The van der Waals surface area contributed by atoms with Crippen molar-refractivity contribution < 1.29 is 32.7 Å². The van der Waals surface area contributed by atoms with Gasteiger partial charge in [0, 0.05) is 57.2 Å². The number of hydrogen-bond acceptors (Lipinski definition) is 5. The number of rotatable bonds is 8. The maximum Gasteiger partial charge on any atom is 0.490 e. The number of aliphatic carboxylic acids is 1. The molecular weight excluding hydrogens is 463 g/mol. The molecule has 0 aromatic heterocycles. The molecule has 35 heavy (non-hydrogen) atoms. The van der Waals surface area contributed by atoms with Gasteiger partial charge in [-0.25, -0.2) is 4.79 Å². The number of hydrogen-bond donors (Lipinski definition) is 1. The molecule has 1 N–H and O–H groups in total. The highest BCUT2D eigenvalue weighted by molar-refractivity contribution is 6.10. The number of piperazine rings is 1. The van der Waals surface area contributed by atoms with Gasteiger partial charge in [-0.15, -0.1) is 0 Å². The summed E-state index contributed by atoms with van der Waals surface area (Å²) in [6.07, 6.45) is 0.110. The lowest BCUT2D eigenvalue weighted by molar-refractivity contribution is -0.192. The van der Waals surface area contributed by atoms with Crippen molar-refractivity contribution in [2.45, 2.75) is 64.6 Å². The maximum atomic E-state index is 12.5. The molecule has 1 amide bonds. The molecule has 2 aliphatic rings. The number of para-hydroxylation sites is 1. The molecular formula is C25H36F3N3O4. The highest BCUT2D eigenvalue weighted by Gasteiger charge is 2.38. The Kier molecular flexibility index (Phi) is 11.2. The molecule has 0 radical (unpaired) electrons. The van der Waals surface area contributed by atoms with Crippen LogP contribution in [0, 0.1) is 0 Å². The molecule has 2 aliphatic heterocycles. The molecule has 1 saturated heterocycles. The molecule has 7 nitrogen and oxygen atoms in total. The van der Waals surface area contributed by atoms with Crippen molar-refractivity contribution in [3.05, 3.63) is 29.8 Å². The molecule has 1 aromatic rings. The molecule has 2 heterocycles. The zero-order valence-electron chi connectivity index (χ0n) is 20.5. The van der Waals surface area contributed by atoms with Crippen LogP contribution in [0.15, 0.2) is 24.3 Å². The van der Waals surface area contributed by atoms with Gasteiger partial charge >= 0.3 is 12.1 Å². The first-order valence-corrected chi connectivity index (χ1v) is 12.3. The highest BCUT2D eigenvalue weighted by atomic mass is 19.4. The van der Waals surface area contributed by atoms with Crippen molar-refractivity contribution in [3.63, 3.8) is 0 Å². The fraction of sp³-hybridized carbons (Fsp3) is 0.640. The number of carbonyl (C=O) groups excluding carboxylic acids is 2. The van der Waals surface area contributed by atoms with Crippen LogP contribution in [0.4, 0.5) is 18.9 Å². The van der Waals surface area contributed by atoms with Crippen molar-refractivity contribution in [1.82, 2.24) is 9.80 Å². The zero-order valence-corrected chi connectivity index (χ0v) is 20.5. The topological polar surface area (TPSA) is 81.2 Å². The Morgan fingerprint density at radius 3 is 2.11 bits per heavy atom. The number of alkyl halides is 3. The Morgan fingerprint density at radius 1 is 0.971 bits per heavy atom. The molecule has 0 bridgehead atoms. The molecule has 1 aromatic carbocycles. The fourth-order valence-corrected chi connectivity index (χ4v) is 4.58. The Labute approximate surface area is 204 Å². The number of benzene rings is 1. The van der Waals surface area contributed by atoms with E-state index >= 15 is 0 Å². The van der Waals surface area contributed by atoms with E-state index in [2.05, 4.69) is 23.6 Å². The first-order chi connectivity index (χ1) is 16.6. The minimum absolute atomic E-state index is 0.0806. The number of unbranched alkanes of at least 4 members (excludes halogenated alkanes) is 1. The third-order valence-electron chi connectivity index (χ3n) is 6.58. The van der Waals surface area contributed by atoms with Crippen molar-refractivity contribution in [2.24, 2.45) is 0 Å². The van der Waals surface area contributed by atoms with Crippen molar-refractivity contribution in [3.8, 4) is 0 Å². The van der Waals surface area contributed by atoms with Crippen LogP contribution in [0.3, 0.4) is 0 Å². The van der Waals surface area contributed by atoms with E-state index in [-0.39, 0.29) is 11.7 Å². The summed E-state index contributed by atoms with van der Waals surface area (Å²) in [5.41, 5.74) is 1.50. The summed E-state index contributed by atoms with van der Waals surface area (Å²) < 4.78 is 31.7. The van der Waals surface area contributed by atoms with Gasteiger partial charge in [-0.2, -0.15) is 13.2 Å². The van der Waals surface area contributed by atoms with E-state index in [0.717, 1.165) is 44.2 Å². The number of ketones is 1. The van der Waals surface area contributed by atoms with Gasteiger partial charge in [-0.3, -0.25) is 14.5 Å². The van der Waals surface area contributed by atoms with Crippen molar-refractivity contribution >= 4 is 23.3 Å². The smallest absolute Gasteiger partial charge is 0.475 e. The monoisotopic (exact) mass is 499 g/mol. The van der Waals surface area contributed by atoms with Crippen LogP contribution in [0.1, 0.15) is 62.7 Å². The Balaban J connectivity index is 0.000000540. The van der Waals surface area contributed by atoms with Gasteiger partial charge in [0.05, 0.1) is 5.69 Å². The lowest BCUT2D eigenvalue weighted by Gasteiger charge is -2.39. The first kappa shape index (κ1) is 28.8. The minimum atomic E-state index is -5.08. The van der Waals surface area contributed by atoms with Crippen LogP contribution in [0.25, 0.3) is 0 Å². The average molecular weight is 500 g/mol. The van der Waals surface area contributed by atoms with Gasteiger partial charge < -0.3 is 14.9 Å². The van der Waals surface area contributed by atoms with E-state index in [4.69, 9.17) is 9.90 Å². The van der Waals surface area contributed by atoms with Crippen LogP contribution in [-0.4, -0.2) is 84.1 Å². The number of Topliss-reactive ketones (excluding diaryl/α,β-unsaturated/α-hetero) is 1. The summed E-state index contributed by atoms with van der Waals surface area (Å²) in [5.74, 6) is -2.59. The third-order valence-corrected chi connectivity index (χ3v) is 6.58. The number of nitrogens with zero attached hydrogens (tertiary/aromatic N) is 3. The second-order valence-corrected chi connectivity index (χ2v) is 8.84. The number of anilines is 1. The summed E-state index contributed by atoms with van der Waals surface area (Å²) in [6.45, 7) is 11.0. The number of fused-ring (bicyclic) bond motifs is 1.